The molecule has 0 amide bonds. The van der Waals surface area contributed by atoms with Crippen molar-refractivity contribution in [2.24, 2.45) is 0 Å². The van der Waals surface area contributed by atoms with Crippen LogP contribution in [0.15, 0.2) is 24.3 Å². The highest BCUT2D eigenvalue weighted by Crippen LogP contribution is 2.23. The van der Waals surface area contributed by atoms with E-state index >= 15 is 0 Å². The summed E-state index contributed by atoms with van der Waals surface area (Å²) in [6.07, 6.45) is -3.71. The van der Waals surface area contributed by atoms with Gasteiger partial charge < -0.3 is 34.6 Å². The normalized spacial score (nSPS) is 30.3. The van der Waals surface area contributed by atoms with Crippen LogP contribution in [0, 0.1) is 0 Å². The Labute approximate surface area is 141 Å². The van der Waals surface area contributed by atoms with Gasteiger partial charge in [-0.3, -0.25) is 0 Å². The van der Waals surface area contributed by atoms with Crippen molar-refractivity contribution in [3.8, 4) is 5.75 Å². The van der Waals surface area contributed by atoms with Crippen molar-refractivity contribution in [2.45, 2.75) is 50.0 Å². The quantitative estimate of drug-likeness (QED) is 0.486. The van der Waals surface area contributed by atoms with Gasteiger partial charge in [0.1, 0.15) is 30.2 Å². The molecule has 2 rings (SSSR count). The molecular formula is C17H26O7. The molecule has 0 aliphatic carbocycles. The lowest BCUT2D eigenvalue weighted by molar-refractivity contribution is -0.301. The molecule has 1 aromatic carbocycles. The highest BCUT2D eigenvalue weighted by Gasteiger charge is 2.43. The zero-order valence-electron chi connectivity index (χ0n) is 13.7. The highest BCUT2D eigenvalue weighted by atomic mass is 16.7. The van der Waals surface area contributed by atoms with E-state index in [2.05, 4.69) is 0 Å². The van der Waals surface area contributed by atoms with Crippen molar-refractivity contribution in [2.75, 3.05) is 20.3 Å². The van der Waals surface area contributed by atoms with Crippen LogP contribution in [0.4, 0.5) is 0 Å². The van der Waals surface area contributed by atoms with Crippen LogP contribution in [-0.4, -0.2) is 71.5 Å². The van der Waals surface area contributed by atoms with Gasteiger partial charge in [0.05, 0.1) is 13.7 Å². The largest absolute Gasteiger partial charge is 0.496 e. The van der Waals surface area contributed by atoms with E-state index in [1.54, 1.807) is 7.11 Å². The first-order valence-electron chi connectivity index (χ1n) is 8.12. The molecule has 1 aromatic rings. The lowest BCUT2D eigenvalue weighted by Gasteiger charge is -2.39. The average molecular weight is 342 g/mol. The van der Waals surface area contributed by atoms with Gasteiger partial charge >= 0.3 is 0 Å². The summed E-state index contributed by atoms with van der Waals surface area (Å²) < 4.78 is 16.0. The molecule has 4 N–H and O–H groups in total. The molecule has 1 fully saturated rings. The van der Waals surface area contributed by atoms with Crippen LogP contribution < -0.4 is 4.74 Å². The van der Waals surface area contributed by atoms with Gasteiger partial charge in [0.2, 0.25) is 0 Å². The number of methoxy groups -OCH3 is 1. The van der Waals surface area contributed by atoms with Gasteiger partial charge in [-0.1, -0.05) is 18.2 Å². The fraction of sp³-hybridized carbons (Fsp3) is 0.647. The second-order valence-electron chi connectivity index (χ2n) is 5.84. The van der Waals surface area contributed by atoms with Crippen molar-refractivity contribution < 1.29 is 34.6 Å². The van der Waals surface area contributed by atoms with Gasteiger partial charge in [0.15, 0.2) is 6.29 Å². The fourth-order valence-electron chi connectivity index (χ4n) is 2.73. The summed E-state index contributed by atoms with van der Waals surface area (Å²) in [5, 5.41) is 38.4. The summed E-state index contributed by atoms with van der Waals surface area (Å²) in [6, 6.07) is 7.81. The zero-order valence-corrected chi connectivity index (χ0v) is 13.7. The standard InChI is InChI=1S/C17H26O7/c1-22-12-8-3-2-6-11(12)7-4-5-9-23-17-16(21)15(20)14(19)13(10-18)24-17/h2-3,6,8,13-21H,4-5,7,9-10H2,1H3/t13-,14-,15+,16-,17-/m1/s1. The van der Waals surface area contributed by atoms with Crippen LogP contribution in [0.25, 0.3) is 0 Å². The van der Waals surface area contributed by atoms with E-state index in [-0.39, 0.29) is 0 Å². The monoisotopic (exact) mass is 342 g/mol. The summed E-state index contributed by atoms with van der Waals surface area (Å²) in [5.74, 6) is 0.854. The number of unbranched alkanes of at least 4 members (excludes halogenated alkanes) is 1. The molecular weight excluding hydrogens is 316 g/mol. The summed E-state index contributed by atoms with van der Waals surface area (Å²) in [7, 11) is 1.64. The van der Waals surface area contributed by atoms with Crippen LogP contribution in [0.1, 0.15) is 18.4 Å². The van der Waals surface area contributed by atoms with Crippen LogP contribution in [0.5, 0.6) is 5.75 Å². The Morgan fingerprint density at radius 3 is 2.50 bits per heavy atom. The number of aryl methyl sites for hydroxylation is 1. The van der Waals surface area contributed by atoms with Crippen molar-refractivity contribution >= 4 is 0 Å². The molecule has 0 aromatic heterocycles. The van der Waals surface area contributed by atoms with E-state index in [9.17, 15) is 15.3 Å². The average Bonchev–Trinajstić information content (AvgIpc) is 2.61. The van der Waals surface area contributed by atoms with Crippen molar-refractivity contribution in [3.05, 3.63) is 29.8 Å². The Balaban J connectivity index is 1.73. The summed E-state index contributed by atoms with van der Waals surface area (Å²) >= 11 is 0. The smallest absolute Gasteiger partial charge is 0.186 e. The minimum Gasteiger partial charge on any atom is -0.496 e. The molecule has 0 saturated carbocycles. The van der Waals surface area contributed by atoms with Crippen LogP contribution >= 0.6 is 0 Å². The number of para-hydroxylation sites is 1. The van der Waals surface area contributed by atoms with E-state index in [0.29, 0.717) is 6.61 Å². The molecule has 24 heavy (non-hydrogen) atoms. The first kappa shape index (κ1) is 19.1. The first-order chi connectivity index (χ1) is 11.6. The molecule has 1 aliphatic heterocycles. The number of aliphatic hydroxyl groups is 4. The lowest BCUT2D eigenvalue weighted by atomic mass is 9.99. The topological polar surface area (TPSA) is 109 Å². The molecule has 0 spiro atoms. The molecule has 0 bridgehead atoms. The molecule has 1 aliphatic rings. The van der Waals surface area contributed by atoms with Gasteiger partial charge in [0, 0.05) is 6.61 Å². The predicted octanol–water partition coefficient (Wildman–Crippen LogP) is -0.166. The van der Waals surface area contributed by atoms with Gasteiger partial charge in [0.25, 0.3) is 0 Å². The van der Waals surface area contributed by atoms with E-state index in [4.69, 9.17) is 19.3 Å². The van der Waals surface area contributed by atoms with Crippen LogP contribution in [0.2, 0.25) is 0 Å². The van der Waals surface area contributed by atoms with Crippen molar-refractivity contribution in [1.29, 1.82) is 0 Å². The zero-order chi connectivity index (χ0) is 17.5. The molecule has 0 radical (unpaired) electrons. The molecule has 7 heteroatoms. The van der Waals surface area contributed by atoms with E-state index < -0.39 is 37.3 Å². The SMILES string of the molecule is COc1ccccc1CCCCO[C@@H]1O[C@H](CO)[C@@H](O)[C@H](O)[C@H]1O. The Hall–Kier alpha value is -1.22. The van der Waals surface area contributed by atoms with Gasteiger partial charge in [-0.25, -0.2) is 0 Å². The Kier molecular flexibility index (Phi) is 7.41. The third-order valence-electron chi connectivity index (χ3n) is 4.16. The summed E-state index contributed by atoms with van der Waals surface area (Å²) in [6.45, 7) is -0.129. The molecule has 0 unspecified atom stereocenters. The van der Waals surface area contributed by atoms with Gasteiger partial charge in [-0.05, 0) is 30.9 Å². The molecule has 1 heterocycles. The third-order valence-corrected chi connectivity index (χ3v) is 4.16. The van der Waals surface area contributed by atoms with Crippen molar-refractivity contribution in [3.63, 3.8) is 0 Å². The summed E-state index contributed by atoms with van der Waals surface area (Å²) in [5.41, 5.74) is 1.12. The number of aliphatic hydroxyl groups excluding tert-OH is 4. The Morgan fingerprint density at radius 1 is 1.04 bits per heavy atom. The molecule has 1 saturated heterocycles. The summed E-state index contributed by atoms with van der Waals surface area (Å²) in [4.78, 5) is 0. The maximum Gasteiger partial charge on any atom is 0.186 e. The van der Waals surface area contributed by atoms with E-state index in [1.165, 1.54) is 0 Å². The second-order valence-corrected chi connectivity index (χ2v) is 5.84. The van der Waals surface area contributed by atoms with Crippen LogP contribution in [0.3, 0.4) is 0 Å². The highest BCUT2D eigenvalue weighted by molar-refractivity contribution is 5.33. The maximum absolute atomic E-state index is 9.87. The van der Waals surface area contributed by atoms with Gasteiger partial charge in [-0.2, -0.15) is 0 Å². The Bertz CT molecular complexity index is 494. The Morgan fingerprint density at radius 2 is 1.79 bits per heavy atom. The first-order valence-corrected chi connectivity index (χ1v) is 8.12. The molecule has 136 valence electrons. The fourth-order valence-corrected chi connectivity index (χ4v) is 2.73. The van der Waals surface area contributed by atoms with E-state index in [0.717, 1.165) is 30.6 Å². The van der Waals surface area contributed by atoms with Crippen molar-refractivity contribution in [1.82, 2.24) is 0 Å². The number of rotatable bonds is 8. The number of hydrogen-bond donors (Lipinski definition) is 4. The second kappa shape index (κ2) is 9.31. The molecule has 7 nitrogen and oxygen atoms in total. The van der Waals surface area contributed by atoms with Crippen LogP contribution in [-0.2, 0) is 15.9 Å². The minimum atomic E-state index is -1.41. The number of benzene rings is 1. The number of ether oxygens (including phenoxy) is 3. The molecule has 5 atom stereocenters. The lowest BCUT2D eigenvalue weighted by Crippen LogP contribution is -2.59. The number of hydrogen-bond acceptors (Lipinski definition) is 7. The predicted molar refractivity (Wildman–Crippen MR) is 85.7 cm³/mol. The minimum absolute atomic E-state index is 0.331. The van der Waals surface area contributed by atoms with Gasteiger partial charge in [-0.15, -0.1) is 0 Å². The maximum atomic E-state index is 9.87. The third kappa shape index (κ3) is 4.66. The van der Waals surface area contributed by atoms with E-state index in [1.807, 2.05) is 24.3 Å².